The highest BCUT2D eigenvalue weighted by Gasteiger charge is 2.37. The van der Waals surface area contributed by atoms with Gasteiger partial charge >= 0.3 is 0 Å². The molecule has 1 rings (SSSR count). The molecule has 80 valence electrons. The van der Waals surface area contributed by atoms with Gasteiger partial charge in [0.05, 0.1) is 18.2 Å². The van der Waals surface area contributed by atoms with Crippen molar-refractivity contribution in [3.8, 4) is 0 Å². The van der Waals surface area contributed by atoms with Gasteiger partial charge in [-0.05, 0) is 18.4 Å². The third-order valence-electron chi connectivity index (χ3n) is 2.73. The molecule has 0 aromatic rings. The van der Waals surface area contributed by atoms with Crippen LogP contribution in [0.1, 0.15) is 12.8 Å². The van der Waals surface area contributed by atoms with Crippen LogP contribution in [0.25, 0.3) is 10.4 Å². The van der Waals surface area contributed by atoms with Crippen molar-refractivity contribution < 1.29 is 9.47 Å². The lowest BCUT2D eigenvalue weighted by Crippen LogP contribution is -2.54. The summed E-state index contributed by atoms with van der Waals surface area (Å²) in [5, 5.41) is 3.67. The Morgan fingerprint density at radius 2 is 1.86 bits per heavy atom. The molecule has 1 aliphatic rings. The van der Waals surface area contributed by atoms with Crippen LogP contribution >= 0.6 is 0 Å². The number of methoxy groups -OCH3 is 2. The van der Waals surface area contributed by atoms with Gasteiger partial charge in [-0.15, -0.1) is 0 Å². The smallest absolute Gasteiger partial charge is 0.0812 e. The van der Waals surface area contributed by atoms with Crippen LogP contribution in [0, 0.1) is 0 Å². The summed E-state index contributed by atoms with van der Waals surface area (Å²) < 4.78 is 10.4. The molecule has 4 atom stereocenters. The number of rotatable bonds is 3. The van der Waals surface area contributed by atoms with Crippen molar-refractivity contribution in [1.29, 1.82) is 0 Å². The van der Waals surface area contributed by atoms with Crippen molar-refractivity contribution >= 4 is 0 Å². The molecule has 1 fully saturated rings. The Kier molecular flexibility index (Phi) is 4.16. The van der Waals surface area contributed by atoms with E-state index in [-0.39, 0.29) is 24.3 Å². The van der Waals surface area contributed by atoms with Crippen LogP contribution in [0.5, 0.6) is 0 Å². The first-order chi connectivity index (χ1) is 6.74. The fraction of sp³-hybridized carbons (Fsp3) is 1.00. The predicted octanol–water partition coefficient (Wildman–Crippen LogP) is 0.816. The van der Waals surface area contributed by atoms with Crippen LogP contribution in [0.4, 0.5) is 0 Å². The van der Waals surface area contributed by atoms with E-state index in [9.17, 15) is 0 Å². The Labute approximate surface area is 83.0 Å². The zero-order valence-electron chi connectivity index (χ0n) is 8.46. The second kappa shape index (κ2) is 5.17. The maximum absolute atomic E-state index is 8.41. The van der Waals surface area contributed by atoms with E-state index in [1.165, 1.54) is 0 Å². The Bertz CT molecular complexity index is 229. The van der Waals surface area contributed by atoms with E-state index in [1.54, 1.807) is 14.2 Å². The average molecular weight is 200 g/mol. The van der Waals surface area contributed by atoms with E-state index < -0.39 is 0 Å². The lowest BCUT2D eigenvalue weighted by Gasteiger charge is -2.37. The largest absolute Gasteiger partial charge is 0.381 e. The minimum absolute atomic E-state index is 0.0445. The molecular weight excluding hydrogens is 184 g/mol. The van der Waals surface area contributed by atoms with Crippen molar-refractivity contribution in [2.75, 3.05) is 14.2 Å². The molecule has 0 radical (unpaired) electrons. The summed E-state index contributed by atoms with van der Waals surface area (Å²) >= 11 is 0. The molecule has 0 amide bonds. The van der Waals surface area contributed by atoms with Gasteiger partial charge in [0, 0.05) is 25.2 Å². The first kappa shape index (κ1) is 11.3. The van der Waals surface area contributed by atoms with Crippen molar-refractivity contribution in [1.82, 2.24) is 0 Å². The van der Waals surface area contributed by atoms with E-state index in [4.69, 9.17) is 20.7 Å². The van der Waals surface area contributed by atoms with E-state index in [0.717, 1.165) is 12.8 Å². The normalized spacial score (nSPS) is 37.6. The topological polar surface area (TPSA) is 93.2 Å². The molecule has 0 unspecified atom stereocenters. The monoisotopic (exact) mass is 200 g/mol. The minimum atomic E-state index is -0.330. The molecule has 0 saturated heterocycles. The summed E-state index contributed by atoms with van der Waals surface area (Å²) in [6.45, 7) is 0. The number of nitrogens with zero attached hydrogens (tertiary/aromatic N) is 3. The van der Waals surface area contributed by atoms with Crippen molar-refractivity contribution in [3.63, 3.8) is 0 Å². The van der Waals surface area contributed by atoms with Crippen molar-refractivity contribution in [2.24, 2.45) is 10.8 Å². The van der Waals surface area contributed by atoms with Gasteiger partial charge < -0.3 is 15.2 Å². The Morgan fingerprint density at radius 1 is 1.29 bits per heavy atom. The summed E-state index contributed by atoms with van der Waals surface area (Å²) in [6.07, 6.45) is 1.52. The third-order valence-corrected chi connectivity index (χ3v) is 2.73. The molecule has 0 aromatic carbocycles. The fourth-order valence-corrected chi connectivity index (χ4v) is 1.90. The van der Waals surface area contributed by atoms with Gasteiger partial charge in [-0.25, -0.2) is 0 Å². The van der Waals surface area contributed by atoms with E-state index in [1.807, 2.05) is 0 Å². The molecule has 0 aromatic heterocycles. The molecule has 6 nitrogen and oxygen atoms in total. The van der Waals surface area contributed by atoms with Crippen LogP contribution in [0.3, 0.4) is 0 Å². The summed E-state index contributed by atoms with van der Waals surface area (Å²) in [7, 11) is 3.22. The maximum Gasteiger partial charge on any atom is 0.0812 e. The standard InChI is InChI=1S/C8H16N4O2/c1-13-5-3-4-6(14-2)8(7(5)9)11-12-10/h5-8H,3-4,9H2,1-2H3/t5-,6-,7+,8+/m0/s1. The van der Waals surface area contributed by atoms with E-state index in [2.05, 4.69) is 10.0 Å². The maximum atomic E-state index is 8.41. The molecule has 2 N–H and O–H groups in total. The van der Waals surface area contributed by atoms with E-state index in [0.29, 0.717) is 0 Å². The van der Waals surface area contributed by atoms with Gasteiger partial charge in [-0.1, -0.05) is 5.11 Å². The second-order valence-electron chi connectivity index (χ2n) is 3.40. The lowest BCUT2D eigenvalue weighted by molar-refractivity contribution is -0.0214. The molecular formula is C8H16N4O2. The minimum Gasteiger partial charge on any atom is -0.381 e. The molecule has 0 bridgehead atoms. The summed E-state index contributed by atoms with van der Waals surface area (Å²) in [5.41, 5.74) is 14.3. The van der Waals surface area contributed by atoms with Gasteiger partial charge in [0.2, 0.25) is 0 Å². The fourth-order valence-electron chi connectivity index (χ4n) is 1.90. The van der Waals surface area contributed by atoms with Gasteiger partial charge in [0.15, 0.2) is 0 Å². The summed E-state index contributed by atoms with van der Waals surface area (Å²) in [4.78, 5) is 2.79. The Balaban J connectivity index is 2.74. The van der Waals surface area contributed by atoms with Gasteiger partial charge in [-0.3, -0.25) is 0 Å². The van der Waals surface area contributed by atoms with Crippen molar-refractivity contribution in [2.45, 2.75) is 37.1 Å². The van der Waals surface area contributed by atoms with Crippen LogP contribution in [-0.4, -0.2) is 38.5 Å². The molecule has 1 saturated carbocycles. The highest BCUT2D eigenvalue weighted by Crippen LogP contribution is 2.25. The van der Waals surface area contributed by atoms with Crippen LogP contribution in [0.15, 0.2) is 5.11 Å². The molecule has 0 heterocycles. The molecule has 1 aliphatic carbocycles. The predicted molar refractivity (Wildman–Crippen MR) is 51.7 cm³/mol. The number of hydrogen-bond acceptors (Lipinski definition) is 4. The third kappa shape index (κ3) is 2.16. The summed E-state index contributed by atoms with van der Waals surface area (Å²) in [5.74, 6) is 0. The zero-order valence-corrected chi connectivity index (χ0v) is 8.46. The lowest BCUT2D eigenvalue weighted by atomic mass is 9.86. The first-order valence-electron chi connectivity index (χ1n) is 4.60. The SMILES string of the molecule is CO[C@H]1CC[C@H](OC)[C@@H](N=[N+]=[N-])[C@@H]1N. The molecule has 0 spiro atoms. The van der Waals surface area contributed by atoms with Gasteiger partial charge in [-0.2, -0.15) is 0 Å². The second-order valence-corrected chi connectivity index (χ2v) is 3.40. The molecule has 0 aliphatic heterocycles. The number of hydrogen-bond donors (Lipinski definition) is 1. The number of azide groups is 1. The first-order valence-corrected chi connectivity index (χ1v) is 4.60. The van der Waals surface area contributed by atoms with Crippen molar-refractivity contribution in [3.05, 3.63) is 10.4 Å². The van der Waals surface area contributed by atoms with Crippen LogP contribution < -0.4 is 5.73 Å². The van der Waals surface area contributed by atoms with Gasteiger partial charge in [0.1, 0.15) is 0 Å². The number of nitrogens with two attached hydrogens (primary N) is 1. The highest BCUT2D eigenvalue weighted by molar-refractivity contribution is 4.96. The highest BCUT2D eigenvalue weighted by atomic mass is 16.5. The zero-order chi connectivity index (χ0) is 10.6. The average Bonchev–Trinajstić information content (AvgIpc) is 2.21. The van der Waals surface area contributed by atoms with Crippen LogP contribution in [-0.2, 0) is 9.47 Å². The summed E-state index contributed by atoms with van der Waals surface area (Å²) in [6, 6.07) is -0.613. The quantitative estimate of drug-likeness (QED) is 0.415. The Morgan fingerprint density at radius 3 is 2.36 bits per heavy atom. The Hall–Kier alpha value is -0.810. The molecule has 6 heteroatoms. The van der Waals surface area contributed by atoms with Gasteiger partial charge in [0.25, 0.3) is 0 Å². The molecule has 14 heavy (non-hydrogen) atoms. The van der Waals surface area contributed by atoms with E-state index >= 15 is 0 Å². The van der Waals surface area contributed by atoms with Crippen LogP contribution in [0.2, 0.25) is 0 Å². The number of ether oxygens (including phenoxy) is 2.